The van der Waals surface area contributed by atoms with Gasteiger partial charge in [0.15, 0.2) is 0 Å². The lowest BCUT2D eigenvalue weighted by Gasteiger charge is -2.08. The summed E-state index contributed by atoms with van der Waals surface area (Å²) in [5.74, 6) is -0.863. The number of carboxylic acids is 1. The van der Waals surface area contributed by atoms with Gasteiger partial charge in [0.1, 0.15) is 6.10 Å². The summed E-state index contributed by atoms with van der Waals surface area (Å²) < 4.78 is 0. The van der Waals surface area contributed by atoms with E-state index in [0.29, 0.717) is 18.4 Å². The normalized spacial score (nSPS) is 15.3. The van der Waals surface area contributed by atoms with Crippen LogP contribution in [0.5, 0.6) is 0 Å². The summed E-state index contributed by atoms with van der Waals surface area (Å²) in [7, 11) is 0. The van der Waals surface area contributed by atoms with Gasteiger partial charge in [-0.25, -0.2) is 4.79 Å². The summed E-state index contributed by atoms with van der Waals surface area (Å²) in [6.07, 6.45) is 5.57. The Kier molecular flexibility index (Phi) is 3.38. The quantitative estimate of drug-likeness (QED) is 0.910. The molecule has 0 fully saturated rings. The van der Waals surface area contributed by atoms with Crippen LogP contribution in [-0.4, -0.2) is 21.2 Å². The predicted octanol–water partition coefficient (Wildman–Crippen LogP) is 2.64. The first-order chi connectivity index (χ1) is 9.65. The van der Waals surface area contributed by atoms with Crippen LogP contribution in [0.15, 0.2) is 36.2 Å². The fourth-order valence-corrected chi connectivity index (χ4v) is 3.48. The maximum Gasteiger partial charge on any atom is 0.331 e. The highest BCUT2D eigenvalue weighted by Crippen LogP contribution is 2.36. The van der Waals surface area contributed by atoms with Gasteiger partial charge in [-0.05, 0) is 36.6 Å². The van der Waals surface area contributed by atoms with Crippen LogP contribution in [0, 0.1) is 0 Å². The topological polar surface area (TPSA) is 70.4 Å². The Hall–Kier alpha value is -1.98. The number of aliphatic carboxylic acids is 1. The van der Waals surface area contributed by atoms with Gasteiger partial charge >= 0.3 is 5.97 Å². The van der Waals surface area contributed by atoms with Crippen LogP contribution in [0.3, 0.4) is 0 Å². The molecular formula is C15H13NO3S. The largest absolute Gasteiger partial charge is 0.478 e. The molecule has 0 aliphatic heterocycles. The molecule has 2 aromatic rings. The summed E-state index contributed by atoms with van der Waals surface area (Å²) >= 11 is 1.44. The first-order valence-electron chi connectivity index (χ1n) is 6.29. The molecule has 4 nitrogen and oxygen atoms in total. The maximum atomic E-state index is 11.0. The van der Waals surface area contributed by atoms with Crippen molar-refractivity contribution < 1.29 is 15.0 Å². The van der Waals surface area contributed by atoms with Gasteiger partial charge in [0.25, 0.3) is 0 Å². The minimum absolute atomic E-state index is 0.432. The maximum absolute atomic E-state index is 11.0. The molecule has 0 amide bonds. The van der Waals surface area contributed by atoms with Crippen molar-refractivity contribution in [3.8, 4) is 0 Å². The second-order valence-corrected chi connectivity index (χ2v) is 5.82. The van der Waals surface area contributed by atoms with Crippen molar-refractivity contribution in [2.75, 3.05) is 0 Å². The molecule has 0 saturated carbocycles. The van der Waals surface area contributed by atoms with E-state index in [9.17, 15) is 9.90 Å². The van der Waals surface area contributed by atoms with Crippen molar-refractivity contribution in [2.24, 2.45) is 0 Å². The molecule has 3 rings (SSSR count). The van der Waals surface area contributed by atoms with Crippen molar-refractivity contribution >= 4 is 23.4 Å². The number of thiophene rings is 1. The van der Waals surface area contributed by atoms with Crippen LogP contribution in [-0.2, 0) is 11.2 Å². The molecule has 0 bridgehead atoms. The van der Waals surface area contributed by atoms with Crippen LogP contribution in [0.4, 0.5) is 0 Å². The number of carboxylic acid groups (broad SMARTS) is 1. The van der Waals surface area contributed by atoms with Crippen LogP contribution < -0.4 is 0 Å². The molecule has 2 aromatic heterocycles. The molecule has 0 radical (unpaired) electrons. The highest BCUT2D eigenvalue weighted by molar-refractivity contribution is 7.13. The van der Waals surface area contributed by atoms with Gasteiger partial charge in [-0.1, -0.05) is 6.07 Å². The van der Waals surface area contributed by atoms with Crippen molar-refractivity contribution in [3.63, 3.8) is 0 Å². The zero-order chi connectivity index (χ0) is 14.1. The average molecular weight is 287 g/mol. The molecule has 2 heterocycles. The molecular weight excluding hydrogens is 274 g/mol. The third-order valence-corrected chi connectivity index (χ3v) is 4.55. The lowest BCUT2D eigenvalue weighted by atomic mass is 9.97. The second kappa shape index (κ2) is 5.19. The van der Waals surface area contributed by atoms with Crippen LogP contribution in [0.1, 0.15) is 33.4 Å². The van der Waals surface area contributed by atoms with Gasteiger partial charge in [0.05, 0.1) is 0 Å². The second-order valence-electron chi connectivity index (χ2n) is 4.70. The van der Waals surface area contributed by atoms with Crippen molar-refractivity contribution in [1.82, 2.24) is 4.98 Å². The summed E-state index contributed by atoms with van der Waals surface area (Å²) in [5, 5.41) is 19.4. The molecule has 0 spiro atoms. The smallest absolute Gasteiger partial charge is 0.331 e. The summed E-state index contributed by atoms with van der Waals surface area (Å²) in [6, 6.07) is 5.58. The number of aliphatic hydroxyl groups is 1. The number of carbonyl (C=O) groups is 1. The molecule has 1 unspecified atom stereocenters. The average Bonchev–Trinajstić information content (AvgIpc) is 2.90. The lowest BCUT2D eigenvalue weighted by Crippen LogP contribution is -2.05. The molecule has 1 aliphatic rings. The molecule has 0 aromatic carbocycles. The zero-order valence-corrected chi connectivity index (χ0v) is 11.4. The lowest BCUT2D eigenvalue weighted by molar-refractivity contribution is -0.132. The van der Waals surface area contributed by atoms with Crippen molar-refractivity contribution in [3.05, 3.63) is 57.0 Å². The molecule has 2 N–H and O–H groups in total. The van der Waals surface area contributed by atoms with Gasteiger partial charge in [0.2, 0.25) is 0 Å². The van der Waals surface area contributed by atoms with E-state index in [1.54, 1.807) is 24.5 Å². The molecule has 20 heavy (non-hydrogen) atoms. The minimum Gasteiger partial charge on any atom is -0.478 e. The van der Waals surface area contributed by atoms with Crippen LogP contribution >= 0.6 is 11.3 Å². The van der Waals surface area contributed by atoms with Crippen molar-refractivity contribution in [2.45, 2.75) is 18.9 Å². The predicted molar refractivity (Wildman–Crippen MR) is 76.6 cm³/mol. The zero-order valence-electron chi connectivity index (χ0n) is 10.6. The number of aliphatic hydroxyl groups excluding tert-OH is 1. The number of fused-ring (bicyclic) bond motifs is 1. The van der Waals surface area contributed by atoms with E-state index in [2.05, 4.69) is 4.98 Å². The molecule has 5 heteroatoms. The van der Waals surface area contributed by atoms with E-state index < -0.39 is 12.1 Å². The number of pyridine rings is 1. The SMILES string of the molecule is O=C(O)C1=Cc2sc(C(O)c3cccnc3)cc2CC1. The van der Waals surface area contributed by atoms with E-state index in [-0.39, 0.29) is 0 Å². The van der Waals surface area contributed by atoms with Gasteiger partial charge in [-0.2, -0.15) is 0 Å². The Morgan fingerprint density at radius 2 is 2.25 bits per heavy atom. The van der Waals surface area contributed by atoms with E-state index in [4.69, 9.17) is 5.11 Å². The molecule has 102 valence electrons. The summed E-state index contributed by atoms with van der Waals surface area (Å²) in [5.41, 5.74) is 2.29. The minimum atomic E-state index is -0.863. The number of hydrogen-bond acceptors (Lipinski definition) is 4. The van der Waals surface area contributed by atoms with E-state index in [1.165, 1.54) is 11.3 Å². The number of nitrogens with zero attached hydrogens (tertiary/aromatic N) is 1. The van der Waals surface area contributed by atoms with E-state index in [0.717, 1.165) is 20.9 Å². The highest BCUT2D eigenvalue weighted by atomic mass is 32.1. The van der Waals surface area contributed by atoms with Crippen molar-refractivity contribution in [1.29, 1.82) is 0 Å². The van der Waals surface area contributed by atoms with E-state index >= 15 is 0 Å². The number of aromatic nitrogens is 1. The Labute approximate surface area is 120 Å². The molecule has 1 atom stereocenters. The standard InChI is InChI=1S/C15H13NO3S/c17-14(11-2-1-5-16-8-11)13-6-9-3-4-10(15(18)19)7-12(9)20-13/h1-2,5-8,14,17H,3-4H2,(H,18,19). The Morgan fingerprint density at radius 3 is 2.95 bits per heavy atom. The van der Waals surface area contributed by atoms with Crippen LogP contribution in [0.25, 0.3) is 6.08 Å². The first-order valence-corrected chi connectivity index (χ1v) is 7.11. The monoisotopic (exact) mass is 287 g/mol. The molecule has 1 aliphatic carbocycles. The summed E-state index contributed by atoms with van der Waals surface area (Å²) in [4.78, 5) is 16.8. The number of rotatable bonds is 3. The van der Waals surface area contributed by atoms with Gasteiger partial charge in [-0.3, -0.25) is 4.98 Å². The van der Waals surface area contributed by atoms with Crippen LogP contribution in [0.2, 0.25) is 0 Å². The number of aryl methyl sites for hydroxylation is 1. The van der Waals surface area contributed by atoms with E-state index in [1.807, 2.05) is 12.1 Å². The fraction of sp³-hybridized carbons (Fsp3) is 0.200. The Bertz CT molecular complexity index is 676. The van der Waals surface area contributed by atoms with Gasteiger partial charge in [0, 0.05) is 33.3 Å². The fourth-order valence-electron chi connectivity index (χ4n) is 2.29. The van der Waals surface area contributed by atoms with Gasteiger partial charge < -0.3 is 10.2 Å². The number of hydrogen-bond donors (Lipinski definition) is 2. The summed E-state index contributed by atoms with van der Waals surface area (Å²) in [6.45, 7) is 0. The first kappa shape index (κ1) is 13.0. The highest BCUT2D eigenvalue weighted by Gasteiger charge is 2.21. The Balaban J connectivity index is 1.93. The Morgan fingerprint density at radius 1 is 1.40 bits per heavy atom. The molecule has 0 saturated heterocycles. The van der Waals surface area contributed by atoms with Gasteiger partial charge in [-0.15, -0.1) is 11.3 Å². The third-order valence-electron chi connectivity index (χ3n) is 3.37. The third kappa shape index (κ3) is 2.37.